The Morgan fingerprint density at radius 3 is 2.44 bits per heavy atom. The smallest absolute Gasteiger partial charge is 0.238 e. The number of benzene rings is 2. The lowest BCUT2D eigenvalue weighted by atomic mass is 10.2. The first-order chi connectivity index (χ1) is 12.1. The quantitative estimate of drug-likeness (QED) is 0.807. The van der Waals surface area contributed by atoms with Crippen LogP contribution in [0.5, 0.6) is 0 Å². The molecule has 0 aromatic heterocycles. The van der Waals surface area contributed by atoms with Crippen LogP contribution in [0.25, 0.3) is 0 Å². The number of rotatable bonds is 5. The van der Waals surface area contributed by atoms with Gasteiger partial charge >= 0.3 is 0 Å². The molecule has 0 spiro atoms. The Morgan fingerprint density at radius 2 is 1.72 bits per heavy atom. The van der Waals surface area contributed by atoms with Crippen LogP contribution in [0.15, 0.2) is 48.5 Å². The summed E-state index contributed by atoms with van der Waals surface area (Å²) in [6.45, 7) is 5.00. The molecule has 0 radical (unpaired) electrons. The molecule has 1 fully saturated rings. The number of halogens is 1. The molecule has 0 unspecified atom stereocenters. The topological polar surface area (TPSA) is 61.6 Å². The minimum atomic E-state index is -0.0657. The summed E-state index contributed by atoms with van der Waals surface area (Å²) >= 11 is 6.09. The van der Waals surface area contributed by atoms with Gasteiger partial charge in [0.05, 0.1) is 17.3 Å². The fraction of sp³-hybridized carbons (Fsp3) is 0.316. The highest BCUT2D eigenvalue weighted by atomic mass is 35.5. The number of nitrogens with two attached hydrogens (primary N) is 1. The van der Waals surface area contributed by atoms with E-state index in [4.69, 9.17) is 17.3 Å². The monoisotopic (exact) mass is 358 g/mol. The molecule has 1 aliphatic heterocycles. The molecular formula is C19H23ClN4O. The molecule has 3 rings (SSSR count). The lowest BCUT2D eigenvalue weighted by molar-refractivity contribution is -0.117. The van der Waals surface area contributed by atoms with Crippen LogP contribution < -0.4 is 11.1 Å². The van der Waals surface area contributed by atoms with Crippen LogP contribution in [-0.2, 0) is 11.3 Å². The summed E-state index contributed by atoms with van der Waals surface area (Å²) in [5.41, 5.74) is 8.21. The van der Waals surface area contributed by atoms with E-state index in [1.54, 1.807) is 18.2 Å². The maximum Gasteiger partial charge on any atom is 0.238 e. The Morgan fingerprint density at radius 1 is 1.04 bits per heavy atom. The molecule has 132 valence electrons. The van der Waals surface area contributed by atoms with E-state index in [9.17, 15) is 4.79 Å². The van der Waals surface area contributed by atoms with Crippen molar-refractivity contribution in [2.45, 2.75) is 6.54 Å². The molecule has 2 aromatic rings. The summed E-state index contributed by atoms with van der Waals surface area (Å²) in [5, 5.41) is 3.34. The van der Waals surface area contributed by atoms with Crippen molar-refractivity contribution in [2.75, 3.05) is 43.8 Å². The van der Waals surface area contributed by atoms with E-state index in [-0.39, 0.29) is 5.91 Å². The van der Waals surface area contributed by atoms with Crippen molar-refractivity contribution < 1.29 is 4.79 Å². The average molecular weight is 359 g/mol. The second-order valence-corrected chi connectivity index (χ2v) is 6.73. The molecule has 6 heteroatoms. The highest BCUT2D eigenvalue weighted by Gasteiger charge is 2.19. The van der Waals surface area contributed by atoms with Gasteiger partial charge in [-0.3, -0.25) is 14.6 Å². The van der Waals surface area contributed by atoms with Crippen molar-refractivity contribution in [1.29, 1.82) is 0 Å². The number of nitrogens with zero attached hydrogens (tertiary/aromatic N) is 2. The molecule has 1 heterocycles. The van der Waals surface area contributed by atoms with E-state index >= 15 is 0 Å². The van der Waals surface area contributed by atoms with Crippen molar-refractivity contribution in [3.63, 3.8) is 0 Å². The van der Waals surface area contributed by atoms with Gasteiger partial charge in [0, 0.05) is 38.4 Å². The molecule has 1 amide bonds. The third kappa shape index (κ3) is 5.19. The van der Waals surface area contributed by atoms with E-state index in [1.807, 2.05) is 6.07 Å². The van der Waals surface area contributed by atoms with Gasteiger partial charge in [0.2, 0.25) is 5.91 Å². The van der Waals surface area contributed by atoms with Gasteiger partial charge in [-0.2, -0.15) is 0 Å². The average Bonchev–Trinajstić information content (AvgIpc) is 2.61. The van der Waals surface area contributed by atoms with Crippen LogP contribution in [0, 0.1) is 0 Å². The number of nitrogen functional groups attached to an aromatic ring is 1. The largest absolute Gasteiger partial charge is 0.399 e. The third-order valence-electron chi connectivity index (χ3n) is 4.35. The first-order valence-electron chi connectivity index (χ1n) is 8.43. The van der Waals surface area contributed by atoms with Gasteiger partial charge in [-0.05, 0) is 23.8 Å². The molecule has 0 saturated carbocycles. The third-order valence-corrected chi connectivity index (χ3v) is 4.68. The van der Waals surface area contributed by atoms with Crippen molar-refractivity contribution >= 4 is 28.9 Å². The second-order valence-electron chi connectivity index (χ2n) is 6.33. The number of anilines is 2. The van der Waals surface area contributed by atoms with E-state index in [0.717, 1.165) is 32.7 Å². The van der Waals surface area contributed by atoms with Crippen LogP contribution in [0.3, 0.4) is 0 Å². The van der Waals surface area contributed by atoms with Crippen molar-refractivity contribution in [1.82, 2.24) is 9.80 Å². The van der Waals surface area contributed by atoms with Gasteiger partial charge in [0.15, 0.2) is 0 Å². The summed E-state index contributed by atoms with van der Waals surface area (Å²) < 4.78 is 0. The van der Waals surface area contributed by atoms with Crippen LogP contribution >= 0.6 is 11.6 Å². The Balaban J connectivity index is 1.45. The van der Waals surface area contributed by atoms with Gasteiger partial charge in [0.25, 0.3) is 0 Å². The van der Waals surface area contributed by atoms with Crippen LogP contribution in [-0.4, -0.2) is 48.4 Å². The summed E-state index contributed by atoms with van der Waals surface area (Å²) in [6, 6.07) is 15.5. The van der Waals surface area contributed by atoms with Crippen molar-refractivity contribution in [3.05, 3.63) is 59.1 Å². The molecule has 3 N–H and O–H groups in total. The van der Waals surface area contributed by atoms with E-state index in [2.05, 4.69) is 39.4 Å². The highest BCUT2D eigenvalue weighted by molar-refractivity contribution is 6.33. The predicted molar refractivity (Wildman–Crippen MR) is 103 cm³/mol. The summed E-state index contributed by atoms with van der Waals surface area (Å²) in [6.07, 6.45) is 0. The Hall–Kier alpha value is -2.08. The number of carbonyl (C=O) groups excluding carboxylic acids is 1. The zero-order valence-electron chi connectivity index (χ0n) is 14.1. The fourth-order valence-corrected chi connectivity index (χ4v) is 3.14. The molecule has 0 bridgehead atoms. The summed E-state index contributed by atoms with van der Waals surface area (Å²) in [4.78, 5) is 16.8. The molecular weight excluding hydrogens is 336 g/mol. The fourth-order valence-electron chi connectivity index (χ4n) is 2.98. The van der Waals surface area contributed by atoms with E-state index in [1.165, 1.54) is 5.56 Å². The van der Waals surface area contributed by atoms with Gasteiger partial charge in [0.1, 0.15) is 0 Å². The van der Waals surface area contributed by atoms with Gasteiger partial charge in [-0.15, -0.1) is 0 Å². The van der Waals surface area contributed by atoms with E-state index in [0.29, 0.717) is 22.9 Å². The molecule has 1 saturated heterocycles. The first-order valence-corrected chi connectivity index (χ1v) is 8.81. The molecule has 25 heavy (non-hydrogen) atoms. The Labute approximate surface area is 153 Å². The Bertz CT molecular complexity index is 715. The Kier molecular flexibility index (Phi) is 5.91. The lowest BCUT2D eigenvalue weighted by Gasteiger charge is -2.34. The standard InChI is InChI=1S/C19H23ClN4O/c20-17-7-6-16(21)12-18(17)22-19(25)14-24-10-8-23(9-11-24)13-15-4-2-1-3-5-15/h1-7,12H,8-11,13-14,21H2,(H,22,25). The normalized spacial score (nSPS) is 15.9. The van der Waals surface area contributed by atoms with Crippen molar-refractivity contribution in [3.8, 4) is 0 Å². The molecule has 0 atom stereocenters. The first kappa shape index (κ1) is 17.7. The zero-order chi connectivity index (χ0) is 17.6. The second kappa shape index (κ2) is 8.34. The van der Waals surface area contributed by atoms with Crippen molar-refractivity contribution in [2.24, 2.45) is 0 Å². The zero-order valence-corrected chi connectivity index (χ0v) is 14.9. The van der Waals surface area contributed by atoms with Crippen LogP contribution in [0.4, 0.5) is 11.4 Å². The summed E-state index contributed by atoms with van der Waals surface area (Å²) in [5.74, 6) is -0.0657. The highest BCUT2D eigenvalue weighted by Crippen LogP contribution is 2.24. The number of amides is 1. The van der Waals surface area contributed by atoms with Crippen LogP contribution in [0.2, 0.25) is 5.02 Å². The summed E-state index contributed by atoms with van der Waals surface area (Å²) in [7, 11) is 0. The maximum absolute atomic E-state index is 12.3. The minimum Gasteiger partial charge on any atom is -0.399 e. The lowest BCUT2D eigenvalue weighted by Crippen LogP contribution is -2.48. The van der Waals surface area contributed by atoms with Gasteiger partial charge in [-0.25, -0.2) is 0 Å². The van der Waals surface area contributed by atoms with Crippen LogP contribution in [0.1, 0.15) is 5.56 Å². The number of piperazine rings is 1. The van der Waals surface area contributed by atoms with E-state index < -0.39 is 0 Å². The minimum absolute atomic E-state index is 0.0657. The number of hydrogen-bond donors (Lipinski definition) is 2. The molecule has 1 aliphatic rings. The number of hydrogen-bond acceptors (Lipinski definition) is 4. The van der Waals surface area contributed by atoms with Gasteiger partial charge in [-0.1, -0.05) is 41.9 Å². The van der Waals surface area contributed by atoms with Gasteiger partial charge < -0.3 is 11.1 Å². The SMILES string of the molecule is Nc1ccc(Cl)c(NC(=O)CN2CCN(Cc3ccccc3)CC2)c1. The predicted octanol–water partition coefficient (Wildman–Crippen LogP) is 2.68. The maximum atomic E-state index is 12.3. The molecule has 2 aromatic carbocycles. The molecule has 5 nitrogen and oxygen atoms in total. The number of nitrogens with one attached hydrogen (secondary N) is 1. The number of carbonyl (C=O) groups is 1. The molecule has 0 aliphatic carbocycles.